The number of rotatable bonds is 6. The molecule has 1 aliphatic rings. The lowest BCUT2D eigenvalue weighted by Gasteiger charge is -2.21. The zero-order valence-corrected chi connectivity index (χ0v) is 12.6. The van der Waals surface area contributed by atoms with Gasteiger partial charge in [0, 0.05) is 13.0 Å². The summed E-state index contributed by atoms with van der Waals surface area (Å²) in [4.78, 5) is 25.3. The molecule has 22 heavy (non-hydrogen) atoms. The summed E-state index contributed by atoms with van der Waals surface area (Å²) in [6.45, 7) is 2.43. The average molecular weight is 307 g/mol. The molecule has 0 amide bonds. The highest BCUT2D eigenvalue weighted by atomic mass is 16.5. The summed E-state index contributed by atoms with van der Waals surface area (Å²) in [6.07, 6.45) is -0.346. The largest absolute Gasteiger partial charge is 0.465 e. The van der Waals surface area contributed by atoms with E-state index in [-0.39, 0.29) is 32.7 Å². The first-order chi connectivity index (χ1) is 10.6. The summed E-state index contributed by atoms with van der Waals surface area (Å²) < 4.78 is 10.2. The summed E-state index contributed by atoms with van der Waals surface area (Å²) in [7, 11) is 0. The van der Waals surface area contributed by atoms with Crippen LogP contribution in [0, 0.1) is 0 Å². The minimum atomic E-state index is -0.628. The first-order valence-corrected chi connectivity index (χ1v) is 7.38. The highest BCUT2D eigenvalue weighted by Gasteiger charge is 2.38. The molecule has 1 N–H and O–H groups in total. The number of hydrogen-bond acceptors (Lipinski definition) is 6. The molecule has 1 fully saturated rings. The van der Waals surface area contributed by atoms with Crippen molar-refractivity contribution >= 4 is 11.9 Å². The Labute approximate surface area is 129 Å². The topological polar surface area (TPSA) is 76.1 Å². The maximum atomic E-state index is 11.9. The van der Waals surface area contributed by atoms with Crippen molar-refractivity contribution in [2.45, 2.75) is 32.1 Å². The monoisotopic (exact) mass is 307 g/mol. The van der Waals surface area contributed by atoms with E-state index in [0.29, 0.717) is 0 Å². The summed E-state index contributed by atoms with van der Waals surface area (Å²) in [6, 6.07) is 8.79. The number of benzene rings is 1. The predicted octanol–water partition coefficient (Wildman–Crippen LogP) is 0.728. The predicted molar refractivity (Wildman–Crippen MR) is 78.9 cm³/mol. The maximum absolute atomic E-state index is 11.9. The van der Waals surface area contributed by atoms with Gasteiger partial charge in [-0.2, -0.15) is 0 Å². The molecule has 1 saturated heterocycles. The lowest BCUT2D eigenvalue weighted by atomic mass is 10.2. The SMILES string of the molecule is CCOC(=O)[C@@H]1C[C@@H](O)CN1CC(=O)OCc1ccccc1. The van der Waals surface area contributed by atoms with Crippen LogP contribution >= 0.6 is 0 Å². The van der Waals surface area contributed by atoms with E-state index in [1.165, 1.54) is 0 Å². The van der Waals surface area contributed by atoms with Crippen molar-refractivity contribution < 1.29 is 24.2 Å². The number of carbonyl (C=O) groups is 2. The van der Waals surface area contributed by atoms with Crippen molar-refractivity contribution in [3.63, 3.8) is 0 Å². The summed E-state index contributed by atoms with van der Waals surface area (Å²) in [5.41, 5.74) is 0.902. The molecule has 1 aromatic rings. The molecule has 2 atom stereocenters. The summed E-state index contributed by atoms with van der Waals surface area (Å²) >= 11 is 0. The van der Waals surface area contributed by atoms with Gasteiger partial charge in [-0.3, -0.25) is 14.5 Å². The van der Waals surface area contributed by atoms with E-state index in [9.17, 15) is 14.7 Å². The number of nitrogens with zero attached hydrogens (tertiary/aromatic N) is 1. The zero-order valence-electron chi connectivity index (χ0n) is 12.6. The lowest BCUT2D eigenvalue weighted by molar-refractivity contribution is -0.151. The fourth-order valence-corrected chi connectivity index (χ4v) is 2.49. The van der Waals surface area contributed by atoms with Crippen LogP contribution < -0.4 is 0 Å². The van der Waals surface area contributed by atoms with E-state index < -0.39 is 24.1 Å². The Kier molecular flexibility index (Phi) is 5.91. The van der Waals surface area contributed by atoms with Crippen LogP contribution in [-0.4, -0.2) is 53.8 Å². The standard InChI is InChI=1S/C16H21NO5/c1-2-21-16(20)14-8-13(18)9-17(14)10-15(19)22-11-12-6-4-3-5-7-12/h3-7,13-14,18H,2,8-11H2,1H3/t13-,14+/m1/s1. The normalized spacial score (nSPS) is 21.5. The van der Waals surface area contributed by atoms with Crippen LogP contribution in [0.1, 0.15) is 18.9 Å². The molecule has 6 nitrogen and oxygen atoms in total. The minimum Gasteiger partial charge on any atom is -0.465 e. The molecule has 0 saturated carbocycles. The second-order valence-corrected chi connectivity index (χ2v) is 5.23. The molecule has 0 spiro atoms. The molecule has 1 heterocycles. The van der Waals surface area contributed by atoms with Crippen LogP contribution in [0.2, 0.25) is 0 Å². The van der Waals surface area contributed by atoms with Crippen molar-refractivity contribution in [3.05, 3.63) is 35.9 Å². The molecule has 0 radical (unpaired) electrons. The number of carbonyl (C=O) groups excluding carboxylic acids is 2. The molecule has 2 rings (SSSR count). The van der Waals surface area contributed by atoms with Crippen molar-refractivity contribution in [1.29, 1.82) is 0 Å². The molecule has 0 unspecified atom stereocenters. The Morgan fingerprint density at radius 2 is 2.00 bits per heavy atom. The van der Waals surface area contributed by atoms with E-state index in [1.807, 2.05) is 30.3 Å². The second-order valence-electron chi connectivity index (χ2n) is 5.23. The number of β-amino-alcohol motifs (C(OH)–C–C–N with tert-alkyl or cyclic N) is 1. The van der Waals surface area contributed by atoms with Gasteiger partial charge in [-0.05, 0) is 12.5 Å². The van der Waals surface area contributed by atoms with Crippen LogP contribution in [0.4, 0.5) is 0 Å². The first-order valence-electron chi connectivity index (χ1n) is 7.38. The van der Waals surface area contributed by atoms with Gasteiger partial charge in [-0.15, -0.1) is 0 Å². The number of aliphatic hydroxyl groups is 1. The van der Waals surface area contributed by atoms with Crippen LogP contribution in [0.25, 0.3) is 0 Å². The molecule has 120 valence electrons. The third-order valence-corrected chi connectivity index (χ3v) is 3.51. The summed E-state index contributed by atoms with van der Waals surface area (Å²) in [5, 5.41) is 9.71. The minimum absolute atomic E-state index is 0.0344. The highest BCUT2D eigenvalue weighted by molar-refractivity contribution is 5.78. The summed E-state index contributed by atoms with van der Waals surface area (Å²) in [5.74, 6) is -0.831. The van der Waals surface area contributed by atoms with E-state index in [4.69, 9.17) is 9.47 Å². The smallest absolute Gasteiger partial charge is 0.323 e. The van der Waals surface area contributed by atoms with Crippen LogP contribution in [0.5, 0.6) is 0 Å². The molecule has 0 aromatic heterocycles. The molecule has 1 aromatic carbocycles. The van der Waals surface area contributed by atoms with E-state index in [0.717, 1.165) is 5.56 Å². The molecular weight excluding hydrogens is 286 g/mol. The van der Waals surface area contributed by atoms with E-state index in [2.05, 4.69) is 0 Å². The molecule has 0 bridgehead atoms. The molecule has 1 aliphatic heterocycles. The number of aliphatic hydroxyl groups excluding tert-OH is 1. The van der Waals surface area contributed by atoms with Crippen molar-refractivity contribution in [1.82, 2.24) is 4.90 Å². The maximum Gasteiger partial charge on any atom is 0.323 e. The van der Waals surface area contributed by atoms with Crippen LogP contribution in [0.15, 0.2) is 30.3 Å². The van der Waals surface area contributed by atoms with Crippen LogP contribution in [-0.2, 0) is 25.7 Å². The van der Waals surface area contributed by atoms with Gasteiger partial charge in [0.2, 0.25) is 0 Å². The Bertz CT molecular complexity index is 505. The fourth-order valence-electron chi connectivity index (χ4n) is 2.49. The van der Waals surface area contributed by atoms with Crippen LogP contribution in [0.3, 0.4) is 0 Å². The zero-order chi connectivity index (χ0) is 15.9. The number of esters is 2. The van der Waals surface area contributed by atoms with Crippen molar-refractivity contribution in [2.75, 3.05) is 19.7 Å². The number of hydrogen-bond donors (Lipinski definition) is 1. The molecule has 0 aliphatic carbocycles. The van der Waals surface area contributed by atoms with Crippen molar-refractivity contribution in [3.8, 4) is 0 Å². The Morgan fingerprint density at radius 1 is 1.27 bits per heavy atom. The van der Waals surface area contributed by atoms with Gasteiger partial charge < -0.3 is 14.6 Å². The third kappa shape index (κ3) is 4.54. The Balaban J connectivity index is 1.85. The van der Waals surface area contributed by atoms with Gasteiger partial charge >= 0.3 is 11.9 Å². The second kappa shape index (κ2) is 7.91. The highest BCUT2D eigenvalue weighted by Crippen LogP contribution is 2.19. The molecular formula is C16H21NO5. The van der Waals surface area contributed by atoms with Gasteiger partial charge in [-0.1, -0.05) is 30.3 Å². The van der Waals surface area contributed by atoms with E-state index >= 15 is 0 Å². The quantitative estimate of drug-likeness (QED) is 0.781. The van der Waals surface area contributed by atoms with Gasteiger partial charge in [0.1, 0.15) is 12.6 Å². The van der Waals surface area contributed by atoms with Gasteiger partial charge in [-0.25, -0.2) is 0 Å². The first kappa shape index (κ1) is 16.5. The fraction of sp³-hybridized carbons (Fsp3) is 0.500. The average Bonchev–Trinajstić information content (AvgIpc) is 2.87. The third-order valence-electron chi connectivity index (χ3n) is 3.51. The Hall–Kier alpha value is -1.92. The van der Waals surface area contributed by atoms with Crippen molar-refractivity contribution in [2.24, 2.45) is 0 Å². The number of likely N-dealkylation sites (tertiary alicyclic amines) is 1. The Morgan fingerprint density at radius 3 is 2.68 bits per heavy atom. The van der Waals surface area contributed by atoms with Gasteiger partial charge in [0.15, 0.2) is 0 Å². The number of ether oxygens (including phenoxy) is 2. The van der Waals surface area contributed by atoms with Gasteiger partial charge in [0.25, 0.3) is 0 Å². The van der Waals surface area contributed by atoms with E-state index in [1.54, 1.807) is 11.8 Å². The molecule has 6 heteroatoms. The van der Waals surface area contributed by atoms with Gasteiger partial charge in [0.05, 0.1) is 19.3 Å². The lowest BCUT2D eigenvalue weighted by Crippen LogP contribution is -2.40.